The number of hydrogen-bond donors (Lipinski definition) is 2. The van der Waals surface area contributed by atoms with Crippen LogP contribution in [0, 0.1) is 0 Å². The highest BCUT2D eigenvalue weighted by molar-refractivity contribution is 8.00. The molecule has 0 spiro atoms. The Hall–Kier alpha value is -3.43. The van der Waals surface area contributed by atoms with Crippen molar-refractivity contribution in [1.29, 1.82) is 0 Å². The highest BCUT2D eigenvalue weighted by Crippen LogP contribution is 2.40. The van der Waals surface area contributed by atoms with Gasteiger partial charge in [0.1, 0.15) is 23.2 Å². The lowest BCUT2D eigenvalue weighted by molar-refractivity contribution is -0.689. The second kappa shape index (κ2) is 10.9. The van der Waals surface area contributed by atoms with Gasteiger partial charge in [-0.05, 0) is 0 Å². The van der Waals surface area contributed by atoms with Crippen LogP contribution in [0.15, 0.2) is 52.4 Å². The smallest absolute Gasteiger partial charge is 0.276 e. The van der Waals surface area contributed by atoms with Gasteiger partial charge in [-0.2, -0.15) is 11.8 Å². The van der Waals surface area contributed by atoms with Crippen molar-refractivity contribution in [2.75, 3.05) is 22.6 Å². The zero-order valence-electron chi connectivity index (χ0n) is 19.1. The average Bonchev–Trinajstić information content (AvgIpc) is 3.32. The number of carbonyl (C=O) groups is 4. The van der Waals surface area contributed by atoms with Crippen LogP contribution >= 0.6 is 34.9 Å². The van der Waals surface area contributed by atoms with Crippen LogP contribution in [0.25, 0.3) is 0 Å². The summed E-state index contributed by atoms with van der Waals surface area (Å²) in [5.41, 5.74) is 0.411. The molecule has 2 fully saturated rings. The first-order valence-corrected chi connectivity index (χ1v) is 14.1. The molecule has 0 radical (unpaired) electrons. The number of fused-ring (bicyclic) bond motifs is 1. The maximum atomic E-state index is 13.2. The highest BCUT2D eigenvalue weighted by Gasteiger charge is 2.53. The summed E-state index contributed by atoms with van der Waals surface area (Å²) in [6.07, 6.45) is 3.94. The minimum Gasteiger partial charge on any atom is -0.543 e. The zero-order valence-corrected chi connectivity index (χ0v) is 21.5. The topological polar surface area (TPSA) is 157 Å². The van der Waals surface area contributed by atoms with Gasteiger partial charge in [0, 0.05) is 40.3 Å². The molecular formula is C22H20N6O6S3. The number of nitrogens with zero attached hydrogens (tertiary/aromatic N) is 4. The normalized spacial score (nSPS) is 21.5. The first kappa shape index (κ1) is 25.2. The molecule has 15 heteroatoms. The van der Waals surface area contributed by atoms with Gasteiger partial charge >= 0.3 is 0 Å². The third kappa shape index (κ3) is 5.19. The largest absolute Gasteiger partial charge is 0.543 e. The lowest BCUT2D eigenvalue weighted by Crippen LogP contribution is -2.71. The second-order valence-corrected chi connectivity index (χ2v) is 11.2. The van der Waals surface area contributed by atoms with Crippen molar-refractivity contribution in [3.05, 3.63) is 52.9 Å². The molecule has 0 saturated carbocycles. The van der Waals surface area contributed by atoms with Crippen molar-refractivity contribution in [1.82, 2.24) is 15.2 Å². The van der Waals surface area contributed by atoms with Gasteiger partial charge in [-0.25, -0.2) is 9.55 Å². The number of rotatable bonds is 10. The Labute approximate surface area is 223 Å². The Morgan fingerprint density at radius 1 is 1.30 bits per heavy atom. The molecule has 5 heterocycles. The molecule has 2 aromatic heterocycles. The Bertz CT molecular complexity index is 1290. The number of aromatic nitrogens is 2. The lowest BCUT2D eigenvalue weighted by atomic mass is 10.0. The first-order chi connectivity index (χ1) is 18.0. The van der Waals surface area contributed by atoms with Crippen LogP contribution in [0.1, 0.15) is 5.69 Å². The molecule has 37 heavy (non-hydrogen) atoms. The van der Waals surface area contributed by atoms with E-state index >= 15 is 0 Å². The van der Waals surface area contributed by atoms with Crippen LogP contribution in [0.5, 0.6) is 0 Å². The molecule has 192 valence electrons. The van der Waals surface area contributed by atoms with E-state index < -0.39 is 29.2 Å². The van der Waals surface area contributed by atoms with Crippen molar-refractivity contribution < 1.29 is 33.7 Å². The fourth-order valence-corrected chi connectivity index (χ4v) is 6.41. The number of β-lactam (4-membered cyclic amide) rings is 1. The van der Waals surface area contributed by atoms with E-state index in [2.05, 4.69) is 20.8 Å². The number of oxime groups is 1. The average molecular weight is 561 g/mol. The zero-order chi connectivity index (χ0) is 25.9. The van der Waals surface area contributed by atoms with E-state index in [1.165, 1.54) is 22.0 Å². The van der Waals surface area contributed by atoms with Crippen molar-refractivity contribution >= 4 is 69.9 Å². The molecule has 3 aliphatic rings. The summed E-state index contributed by atoms with van der Waals surface area (Å²) in [4.78, 5) is 59.8. The Morgan fingerprint density at radius 2 is 2.08 bits per heavy atom. The fraction of sp³-hybridized carbons (Fsp3) is 0.318. The van der Waals surface area contributed by atoms with E-state index in [-0.39, 0.29) is 28.3 Å². The maximum Gasteiger partial charge on any atom is 0.276 e. The molecule has 0 aliphatic carbocycles. The van der Waals surface area contributed by atoms with Crippen LogP contribution < -0.4 is 20.3 Å². The standard InChI is InChI=1S/C22H20N6O6S3/c29-11-23-22-24-14(10-37-22)15(26-34-13-8-35-9-13)18(30)25-16-19(31)28-17(21(32)33)12(7-36-20(16)28)6-27-4-2-1-3-5-27/h1-5,10-11,13,16,20H,6-9H2,(H2-,23,24,25,29,30,32,33)/t16?,20-/m0/s1. The summed E-state index contributed by atoms with van der Waals surface area (Å²) >= 11 is 4.14. The number of thiazole rings is 1. The number of amides is 3. The summed E-state index contributed by atoms with van der Waals surface area (Å²) < 4.78 is 1.81. The van der Waals surface area contributed by atoms with Gasteiger partial charge in [-0.1, -0.05) is 11.2 Å². The Balaban J connectivity index is 1.33. The molecule has 1 unspecified atom stereocenters. The highest BCUT2D eigenvalue weighted by atomic mass is 32.2. The third-order valence-electron chi connectivity index (χ3n) is 5.72. The molecule has 2 saturated heterocycles. The van der Waals surface area contributed by atoms with Crippen molar-refractivity contribution in [2.24, 2.45) is 5.16 Å². The minimum absolute atomic E-state index is 0.134. The van der Waals surface area contributed by atoms with E-state index in [4.69, 9.17) is 4.84 Å². The molecular weight excluding hydrogens is 540 g/mol. The van der Waals surface area contributed by atoms with Gasteiger partial charge in [-0.15, -0.1) is 23.1 Å². The number of anilines is 1. The van der Waals surface area contributed by atoms with E-state index in [1.54, 1.807) is 24.2 Å². The number of hydrogen-bond acceptors (Lipinski definition) is 11. The summed E-state index contributed by atoms with van der Waals surface area (Å²) in [6, 6.07) is 4.53. The van der Waals surface area contributed by atoms with Gasteiger partial charge in [0.15, 0.2) is 29.8 Å². The van der Waals surface area contributed by atoms with Crippen molar-refractivity contribution in [3.8, 4) is 0 Å². The number of nitrogens with one attached hydrogen (secondary N) is 2. The van der Waals surface area contributed by atoms with Gasteiger partial charge in [0.25, 0.3) is 11.8 Å². The molecule has 2 aromatic rings. The number of pyridine rings is 1. The van der Waals surface area contributed by atoms with Gasteiger partial charge < -0.3 is 25.4 Å². The van der Waals surface area contributed by atoms with E-state index in [0.29, 0.717) is 24.3 Å². The fourth-order valence-electron chi connectivity index (χ4n) is 3.87. The predicted octanol–water partition coefficient (Wildman–Crippen LogP) is -1.06. The van der Waals surface area contributed by atoms with Crippen molar-refractivity contribution in [3.63, 3.8) is 0 Å². The molecule has 0 aromatic carbocycles. The molecule has 5 rings (SSSR count). The molecule has 2 N–H and O–H groups in total. The molecule has 0 bridgehead atoms. The van der Waals surface area contributed by atoms with Crippen molar-refractivity contribution in [2.45, 2.75) is 24.1 Å². The monoisotopic (exact) mass is 560 g/mol. The predicted molar refractivity (Wildman–Crippen MR) is 134 cm³/mol. The van der Waals surface area contributed by atoms with Crippen LogP contribution in [0.3, 0.4) is 0 Å². The van der Waals surface area contributed by atoms with Gasteiger partial charge in [0.05, 0.1) is 11.7 Å². The SMILES string of the molecule is O=CNc1nc(C(=NOC2CSC2)C(=O)NC2C(=O)N3C(C(=O)[O-])=C(C[n+]4ccccc4)CS[C@@H]23)cs1. The Kier molecular flexibility index (Phi) is 7.43. The van der Waals surface area contributed by atoms with Gasteiger partial charge in [0.2, 0.25) is 6.41 Å². The van der Waals surface area contributed by atoms with Crippen LogP contribution in [0.2, 0.25) is 0 Å². The Morgan fingerprint density at radius 3 is 2.76 bits per heavy atom. The molecule has 2 atom stereocenters. The maximum absolute atomic E-state index is 13.2. The van der Waals surface area contributed by atoms with Gasteiger partial charge in [-0.3, -0.25) is 19.3 Å². The molecule has 3 aliphatic heterocycles. The second-order valence-electron chi connectivity index (χ2n) is 8.15. The number of aliphatic carboxylic acids is 1. The lowest BCUT2D eigenvalue weighted by Gasteiger charge is -2.50. The first-order valence-electron chi connectivity index (χ1n) is 11.1. The third-order valence-corrected chi connectivity index (χ3v) is 9.05. The number of carboxylic acid groups (broad SMARTS) is 1. The molecule has 12 nitrogen and oxygen atoms in total. The van der Waals surface area contributed by atoms with E-state index in [1.807, 2.05) is 22.8 Å². The number of thioether (sulfide) groups is 2. The summed E-state index contributed by atoms with van der Waals surface area (Å²) in [6.45, 7) is 0.291. The van der Waals surface area contributed by atoms with Crippen LogP contribution in [-0.2, 0) is 30.6 Å². The van der Waals surface area contributed by atoms with E-state index in [9.17, 15) is 24.3 Å². The van der Waals surface area contributed by atoms with Crippen LogP contribution in [0.4, 0.5) is 5.13 Å². The summed E-state index contributed by atoms with van der Waals surface area (Å²) in [5.74, 6) is -0.867. The summed E-state index contributed by atoms with van der Waals surface area (Å²) in [7, 11) is 0. The van der Waals surface area contributed by atoms with E-state index in [0.717, 1.165) is 22.8 Å². The summed E-state index contributed by atoms with van der Waals surface area (Å²) in [5, 5.41) is 22.3. The number of carboxylic acids is 1. The van der Waals surface area contributed by atoms with Crippen LogP contribution in [-0.4, -0.2) is 74.6 Å². The molecule has 3 amide bonds. The minimum atomic E-state index is -1.44. The quantitative estimate of drug-likeness (QED) is 0.122. The number of carbonyl (C=O) groups excluding carboxylic acids is 4.